The number of amides is 3. The fourth-order valence-electron chi connectivity index (χ4n) is 3.21. The Bertz CT molecular complexity index is 696. The van der Waals surface area contributed by atoms with Gasteiger partial charge in [-0.3, -0.25) is 9.69 Å². The van der Waals surface area contributed by atoms with E-state index in [-0.39, 0.29) is 18.0 Å². The van der Waals surface area contributed by atoms with E-state index in [1.165, 1.54) is 0 Å². The van der Waals surface area contributed by atoms with Crippen molar-refractivity contribution in [2.24, 2.45) is 0 Å². The number of urea groups is 1. The van der Waals surface area contributed by atoms with E-state index in [4.69, 9.17) is 4.74 Å². The van der Waals surface area contributed by atoms with Crippen LogP contribution in [0, 0.1) is 0 Å². The average molecular weight is 329 g/mol. The Morgan fingerprint density at radius 2 is 1.96 bits per heavy atom. The van der Waals surface area contributed by atoms with Gasteiger partial charge in [0.1, 0.15) is 5.75 Å². The molecule has 0 fully saturated rings. The largest absolute Gasteiger partial charge is 0.497 e. The van der Waals surface area contributed by atoms with Gasteiger partial charge >= 0.3 is 6.03 Å². The molecule has 0 saturated heterocycles. The van der Waals surface area contributed by atoms with Crippen LogP contribution in [0.2, 0.25) is 0 Å². The molecular formula is C18H23N3O3. The van der Waals surface area contributed by atoms with Crippen LogP contribution in [0.5, 0.6) is 5.75 Å². The van der Waals surface area contributed by atoms with Crippen molar-refractivity contribution in [2.45, 2.75) is 32.4 Å². The maximum absolute atomic E-state index is 13.0. The number of carbonyl (C=O) groups is 2. The summed E-state index contributed by atoms with van der Waals surface area (Å²) in [5.74, 6) is 0.748. The molecule has 6 heteroatoms. The van der Waals surface area contributed by atoms with Gasteiger partial charge in [-0.15, -0.1) is 0 Å². The molecule has 6 nitrogen and oxygen atoms in total. The van der Waals surface area contributed by atoms with E-state index in [9.17, 15) is 9.59 Å². The van der Waals surface area contributed by atoms with Crippen LogP contribution >= 0.6 is 0 Å². The maximum atomic E-state index is 13.0. The normalized spacial score (nSPS) is 21.8. The van der Waals surface area contributed by atoms with Crippen LogP contribution in [0.3, 0.4) is 0 Å². The van der Waals surface area contributed by atoms with Crippen LogP contribution in [0.25, 0.3) is 0 Å². The lowest BCUT2D eigenvalue weighted by Gasteiger charge is -2.31. The Kier molecular flexibility index (Phi) is 4.22. The summed E-state index contributed by atoms with van der Waals surface area (Å²) in [6.07, 6.45) is 0.880. The zero-order chi connectivity index (χ0) is 17.4. The van der Waals surface area contributed by atoms with E-state index in [1.807, 2.05) is 36.1 Å². The lowest BCUT2D eigenvalue weighted by Crippen LogP contribution is -2.45. The van der Waals surface area contributed by atoms with Gasteiger partial charge in [-0.1, -0.05) is 19.1 Å². The van der Waals surface area contributed by atoms with Crippen LogP contribution in [-0.4, -0.2) is 48.5 Å². The second-order valence-corrected chi connectivity index (χ2v) is 6.27. The van der Waals surface area contributed by atoms with E-state index < -0.39 is 6.04 Å². The van der Waals surface area contributed by atoms with Crippen molar-refractivity contribution in [3.8, 4) is 5.75 Å². The molecule has 2 aliphatic rings. The summed E-state index contributed by atoms with van der Waals surface area (Å²) in [5.41, 5.74) is 2.34. The van der Waals surface area contributed by atoms with Gasteiger partial charge in [0.2, 0.25) is 0 Å². The first kappa shape index (κ1) is 16.4. The molecule has 2 heterocycles. The Morgan fingerprint density at radius 3 is 2.54 bits per heavy atom. The van der Waals surface area contributed by atoms with Crippen molar-refractivity contribution in [3.63, 3.8) is 0 Å². The topological polar surface area (TPSA) is 61.9 Å². The summed E-state index contributed by atoms with van der Waals surface area (Å²) in [6, 6.07) is 6.99. The first-order valence-electron chi connectivity index (χ1n) is 8.20. The first-order valence-corrected chi connectivity index (χ1v) is 8.20. The molecule has 2 aliphatic heterocycles. The second kappa shape index (κ2) is 6.19. The number of hydrogen-bond donors (Lipinski definition) is 1. The number of rotatable bonds is 4. The predicted octanol–water partition coefficient (Wildman–Crippen LogP) is 2.29. The van der Waals surface area contributed by atoms with Gasteiger partial charge in [0, 0.05) is 13.1 Å². The molecule has 0 saturated carbocycles. The maximum Gasteiger partial charge on any atom is 0.322 e. The summed E-state index contributed by atoms with van der Waals surface area (Å²) in [4.78, 5) is 28.7. The van der Waals surface area contributed by atoms with Gasteiger partial charge in [0.05, 0.1) is 31.0 Å². The third-order valence-corrected chi connectivity index (χ3v) is 4.96. The van der Waals surface area contributed by atoms with Crippen LogP contribution in [0.4, 0.5) is 4.79 Å². The van der Waals surface area contributed by atoms with Gasteiger partial charge in [-0.2, -0.15) is 0 Å². The summed E-state index contributed by atoms with van der Waals surface area (Å²) in [6.45, 7) is 4.58. The highest BCUT2D eigenvalue weighted by Crippen LogP contribution is 2.36. The molecule has 3 rings (SSSR count). The molecule has 0 unspecified atom stereocenters. The van der Waals surface area contributed by atoms with E-state index >= 15 is 0 Å². The average Bonchev–Trinajstić information content (AvgIpc) is 2.95. The lowest BCUT2D eigenvalue weighted by atomic mass is 9.95. The molecule has 1 aromatic rings. The van der Waals surface area contributed by atoms with Gasteiger partial charge in [-0.25, -0.2) is 4.79 Å². The predicted molar refractivity (Wildman–Crippen MR) is 90.5 cm³/mol. The lowest BCUT2D eigenvalue weighted by molar-refractivity contribution is -0.127. The van der Waals surface area contributed by atoms with E-state index in [0.717, 1.165) is 23.4 Å². The van der Waals surface area contributed by atoms with Crippen LogP contribution < -0.4 is 10.1 Å². The SMILES string of the molecule is CC[C@H](C)N1CC2=C(C1=O)[C@@H](c1ccc(OC)cc1)NC(=O)N2C. The van der Waals surface area contributed by atoms with Crippen molar-refractivity contribution >= 4 is 11.9 Å². The third-order valence-electron chi connectivity index (χ3n) is 4.96. The van der Waals surface area contributed by atoms with E-state index in [0.29, 0.717) is 12.1 Å². The number of hydrogen-bond acceptors (Lipinski definition) is 3. The smallest absolute Gasteiger partial charge is 0.322 e. The van der Waals surface area contributed by atoms with Gasteiger partial charge in [0.15, 0.2) is 0 Å². The number of nitrogens with zero attached hydrogens (tertiary/aromatic N) is 2. The molecule has 3 amide bonds. The molecule has 0 bridgehead atoms. The van der Waals surface area contributed by atoms with Crippen molar-refractivity contribution in [1.29, 1.82) is 0 Å². The zero-order valence-electron chi connectivity index (χ0n) is 14.5. The summed E-state index contributed by atoms with van der Waals surface area (Å²) >= 11 is 0. The molecule has 1 N–H and O–H groups in total. The fraction of sp³-hybridized carbons (Fsp3) is 0.444. The molecule has 24 heavy (non-hydrogen) atoms. The van der Waals surface area contributed by atoms with Crippen molar-refractivity contribution < 1.29 is 14.3 Å². The van der Waals surface area contributed by atoms with Crippen LogP contribution in [0.15, 0.2) is 35.5 Å². The minimum Gasteiger partial charge on any atom is -0.497 e. The van der Waals surface area contributed by atoms with Crippen molar-refractivity contribution in [3.05, 3.63) is 41.1 Å². The molecule has 128 valence electrons. The van der Waals surface area contributed by atoms with Gasteiger partial charge in [-0.05, 0) is 31.0 Å². The first-order chi connectivity index (χ1) is 11.5. The molecule has 2 atom stereocenters. The molecule has 0 aromatic heterocycles. The quantitative estimate of drug-likeness (QED) is 0.922. The standard InChI is InChI=1S/C18H23N3O3/c1-5-11(2)21-10-14-15(17(21)22)16(19-18(23)20(14)3)12-6-8-13(24-4)9-7-12/h6-9,11,16H,5,10H2,1-4H3,(H,19,23)/t11-,16+/m0/s1. The number of carbonyl (C=O) groups excluding carboxylic acids is 2. The summed E-state index contributed by atoms with van der Waals surface area (Å²) in [7, 11) is 3.32. The third kappa shape index (κ3) is 2.52. The number of likely N-dealkylation sites (N-methyl/N-ethyl adjacent to an activating group) is 1. The highest BCUT2D eigenvalue weighted by atomic mass is 16.5. The van der Waals surface area contributed by atoms with Crippen molar-refractivity contribution in [2.75, 3.05) is 20.7 Å². The number of ether oxygens (including phenoxy) is 1. The number of methoxy groups -OCH3 is 1. The summed E-state index contributed by atoms with van der Waals surface area (Å²) < 4.78 is 5.18. The van der Waals surface area contributed by atoms with Gasteiger partial charge < -0.3 is 15.0 Å². The Morgan fingerprint density at radius 1 is 1.29 bits per heavy atom. The van der Waals surface area contributed by atoms with Crippen LogP contribution in [0.1, 0.15) is 31.9 Å². The van der Waals surface area contributed by atoms with Gasteiger partial charge in [0.25, 0.3) is 5.91 Å². The highest BCUT2D eigenvalue weighted by Gasteiger charge is 2.43. The molecule has 1 aromatic carbocycles. The Hall–Kier alpha value is -2.50. The Labute approximate surface area is 142 Å². The molecular weight excluding hydrogens is 306 g/mol. The summed E-state index contributed by atoms with van der Waals surface area (Å²) in [5, 5.41) is 2.94. The second-order valence-electron chi connectivity index (χ2n) is 6.27. The minimum absolute atomic E-state index is 0.00650. The Balaban J connectivity index is 2.00. The minimum atomic E-state index is -0.420. The monoisotopic (exact) mass is 329 g/mol. The molecule has 0 radical (unpaired) electrons. The zero-order valence-corrected chi connectivity index (χ0v) is 14.5. The number of nitrogens with one attached hydrogen (secondary N) is 1. The van der Waals surface area contributed by atoms with E-state index in [2.05, 4.69) is 12.2 Å². The van der Waals surface area contributed by atoms with E-state index in [1.54, 1.807) is 19.1 Å². The molecule has 0 spiro atoms. The molecule has 0 aliphatic carbocycles. The van der Waals surface area contributed by atoms with Crippen LogP contribution in [-0.2, 0) is 4.79 Å². The highest BCUT2D eigenvalue weighted by molar-refractivity contribution is 6.01. The fourth-order valence-corrected chi connectivity index (χ4v) is 3.21. The van der Waals surface area contributed by atoms with Crippen molar-refractivity contribution in [1.82, 2.24) is 15.1 Å². The number of benzene rings is 1.